The maximum absolute atomic E-state index is 4.72. The quantitative estimate of drug-likeness (QED) is 0.920. The lowest BCUT2D eigenvalue weighted by molar-refractivity contribution is 0.528. The molecule has 0 amide bonds. The number of thioether (sulfide) groups is 1. The van der Waals surface area contributed by atoms with Crippen molar-refractivity contribution in [3.05, 3.63) is 42.1 Å². The number of nitrogens with one attached hydrogen (secondary N) is 1. The van der Waals surface area contributed by atoms with Crippen LogP contribution < -0.4 is 5.32 Å². The highest BCUT2D eigenvalue weighted by Crippen LogP contribution is 2.28. The summed E-state index contributed by atoms with van der Waals surface area (Å²) in [6.45, 7) is 0.882. The summed E-state index contributed by atoms with van der Waals surface area (Å²) < 4.78 is 0. The Labute approximate surface area is 119 Å². The van der Waals surface area contributed by atoms with Gasteiger partial charge in [-0.05, 0) is 31.2 Å². The number of aromatic nitrogens is 1. The predicted molar refractivity (Wildman–Crippen MR) is 83.5 cm³/mol. The van der Waals surface area contributed by atoms with Crippen LogP contribution >= 0.6 is 11.8 Å². The monoisotopic (exact) mass is 272 g/mol. The highest BCUT2D eigenvalue weighted by molar-refractivity contribution is 7.99. The summed E-state index contributed by atoms with van der Waals surface area (Å²) in [5.74, 6) is 0. The van der Waals surface area contributed by atoms with Crippen LogP contribution in [0.5, 0.6) is 0 Å². The number of pyridine rings is 1. The molecule has 1 heterocycles. The van der Waals surface area contributed by atoms with Crippen molar-refractivity contribution in [3.63, 3.8) is 0 Å². The third kappa shape index (κ3) is 2.93. The van der Waals surface area contributed by atoms with E-state index in [4.69, 9.17) is 4.98 Å². The Hall–Kier alpha value is -1.06. The Balaban J connectivity index is 1.68. The molecule has 100 valence electrons. The lowest BCUT2D eigenvalue weighted by Crippen LogP contribution is -2.33. The summed E-state index contributed by atoms with van der Waals surface area (Å²) in [7, 11) is 0. The Kier molecular flexibility index (Phi) is 4.04. The first-order valence-corrected chi connectivity index (χ1v) is 8.26. The summed E-state index contributed by atoms with van der Waals surface area (Å²) in [5.41, 5.74) is 2.24. The van der Waals surface area contributed by atoms with E-state index in [2.05, 4.69) is 41.9 Å². The molecule has 0 radical (unpaired) electrons. The van der Waals surface area contributed by atoms with Gasteiger partial charge in [-0.25, -0.2) is 0 Å². The second-order valence-electron chi connectivity index (χ2n) is 5.19. The normalized spacial score (nSPS) is 23.0. The van der Waals surface area contributed by atoms with Gasteiger partial charge in [-0.2, -0.15) is 11.8 Å². The molecule has 1 fully saturated rings. The van der Waals surface area contributed by atoms with Gasteiger partial charge in [0.25, 0.3) is 0 Å². The summed E-state index contributed by atoms with van der Waals surface area (Å²) in [6, 6.07) is 13.3. The van der Waals surface area contributed by atoms with Crippen molar-refractivity contribution in [2.24, 2.45) is 0 Å². The lowest BCUT2D eigenvalue weighted by atomic mass is 10.2. The summed E-state index contributed by atoms with van der Waals surface area (Å²) >= 11 is 2.00. The number of rotatable bonds is 4. The van der Waals surface area contributed by atoms with Crippen molar-refractivity contribution in [2.75, 3.05) is 6.26 Å². The van der Waals surface area contributed by atoms with Crippen molar-refractivity contribution in [1.82, 2.24) is 10.3 Å². The number of benzene rings is 1. The molecule has 1 aliphatic rings. The minimum Gasteiger partial charge on any atom is -0.307 e. The van der Waals surface area contributed by atoms with E-state index in [1.165, 1.54) is 24.6 Å². The van der Waals surface area contributed by atoms with E-state index in [1.807, 2.05) is 17.8 Å². The SMILES string of the molecule is CSC1CCCC1NCc1ccc2ccccc2n1. The fourth-order valence-electron chi connectivity index (χ4n) is 2.88. The van der Waals surface area contributed by atoms with Crippen LogP contribution in [0.2, 0.25) is 0 Å². The van der Waals surface area contributed by atoms with E-state index in [0.29, 0.717) is 6.04 Å². The molecular formula is C16H20N2S. The molecule has 2 nitrogen and oxygen atoms in total. The fourth-order valence-corrected chi connectivity index (χ4v) is 3.85. The molecule has 2 unspecified atom stereocenters. The van der Waals surface area contributed by atoms with Crippen LogP contribution in [-0.2, 0) is 6.54 Å². The van der Waals surface area contributed by atoms with Crippen molar-refractivity contribution >= 4 is 22.7 Å². The van der Waals surface area contributed by atoms with Gasteiger partial charge in [0.1, 0.15) is 0 Å². The minimum atomic E-state index is 0.656. The van der Waals surface area contributed by atoms with Gasteiger partial charge in [0.05, 0.1) is 11.2 Å². The van der Waals surface area contributed by atoms with Gasteiger partial charge >= 0.3 is 0 Å². The van der Waals surface area contributed by atoms with E-state index < -0.39 is 0 Å². The Bertz CT molecular complexity index is 555. The smallest absolute Gasteiger partial charge is 0.0705 e. The standard InChI is InChI=1S/C16H20N2S/c1-19-16-8-4-7-15(16)17-11-13-10-9-12-5-2-3-6-14(12)18-13/h2-3,5-6,9-10,15-17H,4,7-8,11H2,1H3. The van der Waals surface area contributed by atoms with Crippen LogP contribution in [0, 0.1) is 0 Å². The molecule has 1 N–H and O–H groups in total. The molecule has 3 heteroatoms. The van der Waals surface area contributed by atoms with Gasteiger partial charge in [0, 0.05) is 23.2 Å². The van der Waals surface area contributed by atoms with E-state index >= 15 is 0 Å². The molecule has 0 bridgehead atoms. The van der Waals surface area contributed by atoms with Crippen molar-refractivity contribution in [1.29, 1.82) is 0 Å². The topological polar surface area (TPSA) is 24.9 Å². The van der Waals surface area contributed by atoms with Crippen LogP contribution in [0.1, 0.15) is 25.0 Å². The lowest BCUT2D eigenvalue weighted by Gasteiger charge is -2.19. The number of fused-ring (bicyclic) bond motifs is 1. The molecule has 1 aromatic heterocycles. The van der Waals surface area contributed by atoms with E-state index in [1.54, 1.807) is 0 Å². The zero-order valence-corrected chi connectivity index (χ0v) is 12.1. The van der Waals surface area contributed by atoms with Crippen LogP contribution in [0.4, 0.5) is 0 Å². The van der Waals surface area contributed by atoms with Crippen molar-refractivity contribution in [3.8, 4) is 0 Å². The van der Waals surface area contributed by atoms with E-state index in [0.717, 1.165) is 23.0 Å². The Morgan fingerprint density at radius 1 is 1.21 bits per heavy atom. The largest absolute Gasteiger partial charge is 0.307 e. The maximum Gasteiger partial charge on any atom is 0.0705 e. The molecule has 1 saturated carbocycles. The minimum absolute atomic E-state index is 0.656. The van der Waals surface area contributed by atoms with Gasteiger partial charge in [0.2, 0.25) is 0 Å². The van der Waals surface area contributed by atoms with Gasteiger partial charge in [-0.1, -0.05) is 30.7 Å². The number of nitrogens with zero attached hydrogens (tertiary/aromatic N) is 1. The average Bonchev–Trinajstić information content (AvgIpc) is 2.92. The molecule has 2 aromatic rings. The molecule has 0 saturated heterocycles. The molecule has 0 spiro atoms. The molecular weight excluding hydrogens is 252 g/mol. The third-order valence-corrected chi connectivity index (χ3v) is 5.13. The van der Waals surface area contributed by atoms with Crippen LogP contribution in [0.3, 0.4) is 0 Å². The van der Waals surface area contributed by atoms with Crippen molar-refractivity contribution in [2.45, 2.75) is 37.1 Å². The summed E-state index contributed by atoms with van der Waals surface area (Å²) in [5, 5.41) is 5.68. The second kappa shape index (κ2) is 5.93. The van der Waals surface area contributed by atoms with E-state index in [-0.39, 0.29) is 0 Å². The first kappa shape index (κ1) is 12.9. The summed E-state index contributed by atoms with van der Waals surface area (Å²) in [4.78, 5) is 4.72. The first-order chi connectivity index (χ1) is 9.36. The van der Waals surface area contributed by atoms with Gasteiger partial charge < -0.3 is 5.32 Å². The molecule has 1 aromatic carbocycles. The number of para-hydroxylation sites is 1. The van der Waals surface area contributed by atoms with Crippen molar-refractivity contribution < 1.29 is 0 Å². The van der Waals surface area contributed by atoms with Gasteiger partial charge in [-0.15, -0.1) is 0 Å². The Morgan fingerprint density at radius 3 is 3.00 bits per heavy atom. The first-order valence-electron chi connectivity index (χ1n) is 6.97. The van der Waals surface area contributed by atoms with Crippen LogP contribution in [0.15, 0.2) is 36.4 Å². The summed E-state index contributed by atoms with van der Waals surface area (Å²) in [6.07, 6.45) is 6.23. The number of hydrogen-bond acceptors (Lipinski definition) is 3. The van der Waals surface area contributed by atoms with Crippen LogP contribution in [0.25, 0.3) is 10.9 Å². The van der Waals surface area contributed by atoms with Gasteiger partial charge in [0.15, 0.2) is 0 Å². The number of hydrogen-bond donors (Lipinski definition) is 1. The third-order valence-electron chi connectivity index (χ3n) is 3.96. The van der Waals surface area contributed by atoms with Gasteiger partial charge in [-0.3, -0.25) is 4.98 Å². The molecule has 3 rings (SSSR count). The van der Waals surface area contributed by atoms with Crippen LogP contribution in [-0.4, -0.2) is 22.5 Å². The zero-order chi connectivity index (χ0) is 13.1. The van der Waals surface area contributed by atoms with E-state index in [9.17, 15) is 0 Å². The molecule has 1 aliphatic carbocycles. The maximum atomic E-state index is 4.72. The predicted octanol–water partition coefficient (Wildman–Crippen LogP) is 3.61. The second-order valence-corrected chi connectivity index (χ2v) is 6.26. The highest BCUT2D eigenvalue weighted by Gasteiger charge is 2.25. The Morgan fingerprint density at radius 2 is 2.11 bits per heavy atom. The molecule has 0 aliphatic heterocycles. The fraction of sp³-hybridized carbons (Fsp3) is 0.438. The molecule has 2 atom stereocenters. The highest BCUT2D eigenvalue weighted by atomic mass is 32.2. The zero-order valence-electron chi connectivity index (χ0n) is 11.3. The molecule has 19 heavy (non-hydrogen) atoms. The average molecular weight is 272 g/mol.